The first kappa shape index (κ1) is 25.3. The normalized spacial score (nSPS) is 10.3. The van der Waals surface area contributed by atoms with Crippen LogP contribution in [0.25, 0.3) is 0 Å². The van der Waals surface area contributed by atoms with Crippen LogP contribution in [0.2, 0.25) is 0 Å². The number of hydrogen-bond acceptors (Lipinski definition) is 7. The van der Waals surface area contributed by atoms with Gasteiger partial charge in [-0.05, 0) is 57.2 Å². The zero-order valence-electron chi connectivity index (χ0n) is 18.7. The van der Waals surface area contributed by atoms with Gasteiger partial charge in [0.1, 0.15) is 0 Å². The third-order valence-electron chi connectivity index (χ3n) is 4.22. The van der Waals surface area contributed by atoms with Crippen LogP contribution in [-0.4, -0.2) is 42.2 Å². The number of ketones is 1. The Morgan fingerprint density at radius 2 is 1.48 bits per heavy atom. The van der Waals surface area contributed by atoms with E-state index in [1.807, 2.05) is 0 Å². The molecule has 0 aromatic heterocycles. The van der Waals surface area contributed by atoms with Crippen LogP contribution in [0.3, 0.4) is 0 Å². The van der Waals surface area contributed by atoms with Crippen LogP contribution in [0.5, 0.6) is 0 Å². The molecule has 0 fully saturated rings. The molecule has 2 rings (SSSR count). The fourth-order valence-electron chi connectivity index (χ4n) is 2.64. The van der Waals surface area contributed by atoms with Crippen LogP contribution in [0.4, 0.5) is 11.4 Å². The van der Waals surface area contributed by atoms with Crippen LogP contribution in [0.1, 0.15) is 54.3 Å². The summed E-state index contributed by atoms with van der Waals surface area (Å²) in [6.07, 6.45) is -0.587. The van der Waals surface area contributed by atoms with Gasteiger partial charge in [0.05, 0.1) is 18.1 Å². The zero-order valence-corrected chi connectivity index (χ0v) is 18.7. The highest BCUT2D eigenvalue weighted by Gasteiger charge is 2.13. The second-order valence-electron chi connectivity index (χ2n) is 7.43. The number of benzene rings is 2. The first-order chi connectivity index (χ1) is 15.6. The van der Waals surface area contributed by atoms with Crippen LogP contribution in [0, 0.1) is 0 Å². The molecule has 174 valence electrons. The Morgan fingerprint density at radius 3 is 2.12 bits per heavy atom. The maximum atomic E-state index is 12.0. The molecule has 0 bridgehead atoms. The monoisotopic (exact) mass is 454 g/mol. The second kappa shape index (κ2) is 12.1. The maximum Gasteiger partial charge on any atom is 0.338 e. The standard InChI is InChI=1S/C24H26N2O7/c1-15(2)33-24(31)17-7-9-19(10-8-17)25-21(28)11-12-23(30)32-14-22(29)26-20-6-4-5-18(13-20)16(3)27/h4-10,13,15H,11-12,14H2,1-3H3,(H,25,28)(H,26,29). The Hall–Kier alpha value is -4.01. The molecule has 33 heavy (non-hydrogen) atoms. The number of ether oxygens (including phenoxy) is 2. The summed E-state index contributed by atoms with van der Waals surface area (Å²) >= 11 is 0. The molecule has 2 aromatic rings. The fourth-order valence-corrected chi connectivity index (χ4v) is 2.64. The summed E-state index contributed by atoms with van der Waals surface area (Å²) in [6, 6.07) is 12.5. The van der Waals surface area contributed by atoms with Gasteiger partial charge in [-0.2, -0.15) is 0 Å². The SMILES string of the molecule is CC(=O)c1cccc(NC(=O)COC(=O)CCC(=O)Nc2ccc(C(=O)OC(C)C)cc2)c1. The molecule has 9 heteroatoms. The van der Waals surface area contributed by atoms with Crippen molar-refractivity contribution >= 4 is 40.9 Å². The number of esters is 2. The molecule has 0 aliphatic heterocycles. The summed E-state index contributed by atoms with van der Waals surface area (Å²) in [5.41, 5.74) is 1.67. The lowest BCUT2D eigenvalue weighted by Gasteiger charge is -2.09. The predicted octanol–water partition coefficient (Wildman–Crippen LogP) is 3.36. The largest absolute Gasteiger partial charge is 0.459 e. The zero-order chi connectivity index (χ0) is 24.4. The lowest BCUT2D eigenvalue weighted by Crippen LogP contribution is -2.22. The summed E-state index contributed by atoms with van der Waals surface area (Å²) in [7, 11) is 0. The third-order valence-corrected chi connectivity index (χ3v) is 4.22. The molecular formula is C24H26N2O7. The summed E-state index contributed by atoms with van der Waals surface area (Å²) in [5, 5.41) is 5.14. The Balaban J connectivity index is 1.72. The van der Waals surface area contributed by atoms with Gasteiger partial charge >= 0.3 is 11.9 Å². The molecule has 0 radical (unpaired) electrons. The van der Waals surface area contributed by atoms with E-state index in [1.54, 1.807) is 44.2 Å². The Kier molecular flexibility index (Phi) is 9.29. The first-order valence-electron chi connectivity index (χ1n) is 10.3. The van der Waals surface area contributed by atoms with Crippen LogP contribution in [-0.2, 0) is 23.9 Å². The van der Waals surface area contributed by atoms with Crippen molar-refractivity contribution in [1.82, 2.24) is 0 Å². The Morgan fingerprint density at radius 1 is 0.818 bits per heavy atom. The predicted molar refractivity (Wildman–Crippen MR) is 121 cm³/mol. The second-order valence-corrected chi connectivity index (χ2v) is 7.43. The van der Waals surface area contributed by atoms with E-state index in [9.17, 15) is 24.0 Å². The summed E-state index contributed by atoms with van der Waals surface area (Å²) in [4.78, 5) is 59.0. The third kappa shape index (κ3) is 8.94. The quantitative estimate of drug-likeness (QED) is 0.416. The smallest absolute Gasteiger partial charge is 0.338 e. The molecule has 0 aliphatic rings. The van der Waals surface area contributed by atoms with Gasteiger partial charge in [0.25, 0.3) is 5.91 Å². The van der Waals surface area contributed by atoms with Crippen molar-refractivity contribution < 1.29 is 33.4 Å². The average Bonchev–Trinajstić information content (AvgIpc) is 2.76. The number of amides is 2. The topological polar surface area (TPSA) is 128 Å². The molecule has 9 nitrogen and oxygen atoms in total. The van der Waals surface area contributed by atoms with Crippen molar-refractivity contribution in [2.24, 2.45) is 0 Å². The van der Waals surface area contributed by atoms with Crippen LogP contribution >= 0.6 is 0 Å². The van der Waals surface area contributed by atoms with E-state index in [1.165, 1.54) is 25.1 Å². The highest BCUT2D eigenvalue weighted by atomic mass is 16.5. The number of hydrogen-bond donors (Lipinski definition) is 2. The minimum atomic E-state index is -0.704. The van der Waals surface area contributed by atoms with Crippen LogP contribution in [0.15, 0.2) is 48.5 Å². The minimum absolute atomic E-state index is 0.139. The van der Waals surface area contributed by atoms with E-state index in [4.69, 9.17) is 9.47 Å². The maximum absolute atomic E-state index is 12.0. The molecule has 2 amide bonds. The average molecular weight is 454 g/mol. The van der Waals surface area contributed by atoms with E-state index in [-0.39, 0.29) is 24.7 Å². The number of carbonyl (C=O) groups excluding carboxylic acids is 5. The molecule has 2 aromatic carbocycles. The van der Waals surface area contributed by atoms with E-state index in [2.05, 4.69) is 10.6 Å². The van der Waals surface area contributed by atoms with Crippen molar-refractivity contribution in [3.05, 3.63) is 59.7 Å². The highest BCUT2D eigenvalue weighted by molar-refractivity contribution is 5.98. The molecule has 0 atom stereocenters. The van der Waals surface area contributed by atoms with Gasteiger partial charge in [0.2, 0.25) is 5.91 Å². The number of Topliss-reactive ketones (excluding diaryl/α,β-unsaturated/α-hetero) is 1. The summed E-state index contributed by atoms with van der Waals surface area (Å²) < 4.78 is 9.97. The molecular weight excluding hydrogens is 428 g/mol. The van der Waals surface area contributed by atoms with Gasteiger partial charge in [-0.1, -0.05) is 12.1 Å². The van der Waals surface area contributed by atoms with Crippen molar-refractivity contribution in [2.75, 3.05) is 17.2 Å². The lowest BCUT2D eigenvalue weighted by molar-refractivity contribution is -0.147. The van der Waals surface area contributed by atoms with Gasteiger partial charge in [0, 0.05) is 23.4 Å². The molecule has 0 aliphatic carbocycles. The van der Waals surface area contributed by atoms with Gasteiger partial charge in [-0.15, -0.1) is 0 Å². The van der Waals surface area contributed by atoms with E-state index < -0.39 is 30.4 Å². The number of nitrogens with one attached hydrogen (secondary N) is 2. The Labute approximate surface area is 191 Å². The number of anilines is 2. The minimum Gasteiger partial charge on any atom is -0.459 e. The van der Waals surface area contributed by atoms with E-state index in [0.717, 1.165) is 0 Å². The summed E-state index contributed by atoms with van der Waals surface area (Å²) in [5.74, 6) is -2.29. The van der Waals surface area contributed by atoms with Gasteiger partial charge in [-0.3, -0.25) is 19.2 Å². The van der Waals surface area contributed by atoms with Crippen molar-refractivity contribution in [1.29, 1.82) is 0 Å². The van der Waals surface area contributed by atoms with Gasteiger partial charge in [-0.25, -0.2) is 4.79 Å². The van der Waals surface area contributed by atoms with Crippen molar-refractivity contribution in [2.45, 2.75) is 39.7 Å². The fraction of sp³-hybridized carbons (Fsp3) is 0.292. The molecule has 0 unspecified atom stereocenters. The van der Waals surface area contributed by atoms with Crippen molar-refractivity contribution in [3.8, 4) is 0 Å². The van der Waals surface area contributed by atoms with Crippen LogP contribution < -0.4 is 10.6 Å². The molecule has 0 heterocycles. The lowest BCUT2D eigenvalue weighted by atomic mass is 10.1. The number of rotatable bonds is 10. The van der Waals surface area contributed by atoms with E-state index >= 15 is 0 Å². The Bertz CT molecular complexity index is 1030. The van der Waals surface area contributed by atoms with E-state index in [0.29, 0.717) is 22.5 Å². The highest BCUT2D eigenvalue weighted by Crippen LogP contribution is 2.13. The molecule has 0 saturated carbocycles. The summed E-state index contributed by atoms with van der Waals surface area (Å²) in [6.45, 7) is 4.40. The molecule has 2 N–H and O–H groups in total. The molecule has 0 spiro atoms. The van der Waals surface area contributed by atoms with Gasteiger partial charge in [0.15, 0.2) is 12.4 Å². The molecule has 0 saturated heterocycles. The van der Waals surface area contributed by atoms with Crippen molar-refractivity contribution in [3.63, 3.8) is 0 Å². The van der Waals surface area contributed by atoms with Gasteiger partial charge < -0.3 is 20.1 Å². The first-order valence-corrected chi connectivity index (χ1v) is 10.3. The number of carbonyl (C=O) groups is 5.